The SMILES string of the molecule is O=C(Nc1ccc(Cl)cc1)C1CCN(S(=O)(=O)Cc2cccc(Cl)c2)CC1. The highest BCUT2D eigenvalue weighted by molar-refractivity contribution is 7.88. The highest BCUT2D eigenvalue weighted by Gasteiger charge is 2.31. The van der Waals surface area contributed by atoms with Gasteiger partial charge in [0.1, 0.15) is 0 Å². The van der Waals surface area contributed by atoms with Gasteiger partial charge in [0.15, 0.2) is 0 Å². The van der Waals surface area contributed by atoms with E-state index in [1.54, 1.807) is 48.5 Å². The number of benzene rings is 2. The Morgan fingerprint density at radius 3 is 2.33 bits per heavy atom. The molecule has 2 aromatic rings. The number of nitrogens with one attached hydrogen (secondary N) is 1. The summed E-state index contributed by atoms with van der Waals surface area (Å²) in [5.74, 6) is -0.391. The molecule has 1 N–H and O–H groups in total. The largest absolute Gasteiger partial charge is 0.326 e. The van der Waals surface area contributed by atoms with Crippen molar-refractivity contribution in [1.82, 2.24) is 4.31 Å². The van der Waals surface area contributed by atoms with Crippen LogP contribution in [0.1, 0.15) is 18.4 Å². The summed E-state index contributed by atoms with van der Waals surface area (Å²) in [7, 11) is -3.44. The van der Waals surface area contributed by atoms with E-state index in [0.29, 0.717) is 47.2 Å². The Kier molecular flexibility index (Phi) is 6.42. The van der Waals surface area contributed by atoms with Gasteiger partial charge >= 0.3 is 0 Å². The molecule has 0 radical (unpaired) electrons. The van der Waals surface area contributed by atoms with Crippen LogP contribution >= 0.6 is 23.2 Å². The number of rotatable bonds is 5. The fourth-order valence-corrected chi connectivity index (χ4v) is 4.99. The Balaban J connectivity index is 1.56. The lowest BCUT2D eigenvalue weighted by atomic mass is 9.97. The minimum atomic E-state index is -3.44. The van der Waals surface area contributed by atoms with Crippen LogP contribution < -0.4 is 5.32 Å². The fourth-order valence-electron chi connectivity index (χ4n) is 3.10. The van der Waals surface area contributed by atoms with E-state index in [-0.39, 0.29) is 17.6 Å². The maximum absolute atomic E-state index is 12.6. The number of hydrogen-bond donors (Lipinski definition) is 1. The molecule has 1 heterocycles. The summed E-state index contributed by atoms with van der Waals surface area (Å²) in [4.78, 5) is 12.4. The Hall–Kier alpha value is -1.60. The number of anilines is 1. The van der Waals surface area contributed by atoms with E-state index < -0.39 is 10.0 Å². The third-order valence-corrected chi connectivity index (χ3v) is 6.91. The molecular weight excluding hydrogens is 407 g/mol. The van der Waals surface area contributed by atoms with Crippen LogP contribution in [0.5, 0.6) is 0 Å². The van der Waals surface area contributed by atoms with Crippen molar-refractivity contribution in [3.05, 3.63) is 64.1 Å². The van der Waals surface area contributed by atoms with Crippen LogP contribution in [-0.2, 0) is 20.6 Å². The fraction of sp³-hybridized carbons (Fsp3) is 0.316. The molecule has 0 unspecified atom stereocenters. The second-order valence-corrected chi connectivity index (χ2v) is 9.40. The maximum Gasteiger partial charge on any atom is 0.227 e. The summed E-state index contributed by atoms with van der Waals surface area (Å²) in [5.41, 5.74) is 1.34. The smallest absolute Gasteiger partial charge is 0.227 e. The summed E-state index contributed by atoms with van der Waals surface area (Å²) >= 11 is 11.8. The maximum atomic E-state index is 12.6. The lowest BCUT2D eigenvalue weighted by molar-refractivity contribution is -0.120. The molecule has 3 rings (SSSR count). The monoisotopic (exact) mass is 426 g/mol. The van der Waals surface area contributed by atoms with Gasteiger partial charge in [0, 0.05) is 34.7 Å². The van der Waals surface area contributed by atoms with Gasteiger partial charge in [-0.2, -0.15) is 0 Å². The van der Waals surface area contributed by atoms with Crippen molar-refractivity contribution in [2.24, 2.45) is 5.92 Å². The Bertz CT molecular complexity index is 909. The van der Waals surface area contributed by atoms with Crippen molar-refractivity contribution in [2.75, 3.05) is 18.4 Å². The number of nitrogens with zero attached hydrogens (tertiary/aromatic N) is 1. The second kappa shape index (κ2) is 8.61. The van der Waals surface area contributed by atoms with Crippen LogP contribution in [-0.4, -0.2) is 31.7 Å². The molecule has 5 nitrogen and oxygen atoms in total. The first-order valence-electron chi connectivity index (χ1n) is 8.62. The Morgan fingerprint density at radius 1 is 1.04 bits per heavy atom. The molecule has 0 spiro atoms. The average molecular weight is 427 g/mol. The zero-order chi connectivity index (χ0) is 19.4. The predicted octanol–water partition coefficient (Wildman–Crippen LogP) is 4.17. The van der Waals surface area contributed by atoms with Crippen LogP contribution in [0.2, 0.25) is 10.0 Å². The van der Waals surface area contributed by atoms with Gasteiger partial charge in [-0.15, -0.1) is 0 Å². The van der Waals surface area contributed by atoms with E-state index in [1.165, 1.54) is 4.31 Å². The topological polar surface area (TPSA) is 66.5 Å². The van der Waals surface area contributed by atoms with Gasteiger partial charge in [0.05, 0.1) is 5.75 Å². The first-order valence-corrected chi connectivity index (χ1v) is 11.0. The number of amides is 1. The van der Waals surface area contributed by atoms with Gasteiger partial charge in [-0.3, -0.25) is 4.79 Å². The predicted molar refractivity (Wildman–Crippen MR) is 108 cm³/mol. The summed E-state index contributed by atoms with van der Waals surface area (Å²) in [6.07, 6.45) is 0.988. The minimum absolute atomic E-state index is 0.0881. The minimum Gasteiger partial charge on any atom is -0.326 e. The quantitative estimate of drug-likeness (QED) is 0.779. The van der Waals surface area contributed by atoms with Gasteiger partial charge < -0.3 is 5.32 Å². The van der Waals surface area contributed by atoms with Crippen LogP contribution in [0.25, 0.3) is 0 Å². The Morgan fingerprint density at radius 2 is 1.70 bits per heavy atom. The summed E-state index contributed by atoms with van der Waals surface area (Å²) in [6, 6.07) is 13.8. The number of carbonyl (C=O) groups is 1. The first kappa shape index (κ1) is 20.1. The van der Waals surface area contributed by atoms with Crippen LogP contribution in [0.3, 0.4) is 0 Å². The standard InChI is InChI=1S/C19H20Cl2N2O3S/c20-16-4-6-18(7-5-16)22-19(24)15-8-10-23(11-9-15)27(25,26)13-14-2-1-3-17(21)12-14/h1-7,12,15H,8-11,13H2,(H,22,24). The molecule has 0 aliphatic carbocycles. The highest BCUT2D eigenvalue weighted by atomic mass is 35.5. The lowest BCUT2D eigenvalue weighted by Crippen LogP contribution is -2.41. The molecule has 1 aliphatic rings. The zero-order valence-corrected chi connectivity index (χ0v) is 16.9. The third-order valence-electron chi connectivity index (χ3n) is 4.57. The van der Waals surface area contributed by atoms with E-state index in [2.05, 4.69) is 5.32 Å². The highest BCUT2D eigenvalue weighted by Crippen LogP contribution is 2.24. The molecule has 144 valence electrons. The van der Waals surface area contributed by atoms with Gasteiger partial charge in [-0.1, -0.05) is 35.3 Å². The van der Waals surface area contributed by atoms with Crippen LogP contribution in [0.4, 0.5) is 5.69 Å². The van der Waals surface area contributed by atoms with E-state index in [9.17, 15) is 13.2 Å². The number of piperidine rings is 1. The molecule has 1 saturated heterocycles. The molecule has 0 atom stereocenters. The third kappa shape index (κ3) is 5.45. The molecule has 27 heavy (non-hydrogen) atoms. The number of carbonyl (C=O) groups excluding carboxylic acids is 1. The Labute approximate surface area is 169 Å². The van der Waals surface area contributed by atoms with E-state index in [1.807, 2.05) is 0 Å². The lowest BCUT2D eigenvalue weighted by Gasteiger charge is -2.30. The molecule has 2 aromatic carbocycles. The summed E-state index contributed by atoms with van der Waals surface area (Å²) < 4.78 is 26.7. The van der Waals surface area contributed by atoms with Crippen LogP contribution in [0, 0.1) is 5.92 Å². The number of halogens is 2. The van der Waals surface area contributed by atoms with Gasteiger partial charge in [0.25, 0.3) is 0 Å². The van der Waals surface area contributed by atoms with Crippen molar-refractivity contribution < 1.29 is 13.2 Å². The van der Waals surface area contributed by atoms with Gasteiger partial charge in [0.2, 0.25) is 15.9 Å². The van der Waals surface area contributed by atoms with E-state index >= 15 is 0 Å². The van der Waals surface area contributed by atoms with Crippen LogP contribution in [0.15, 0.2) is 48.5 Å². The van der Waals surface area contributed by atoms with Gasteiger partial charge in [-0.25, -0.2) is 12.7 Å². The van der Waals surface area contributed by atoms with Gasteiger partial charge in [-0.05, 0) is 54.8 Å². The molecule has 1 amide bonds. The van der Waals surface area contributed by atoms with Crippen molar-refractivity contribution in [3.63, 3.8) is 0 Å². The van der Waals surface area contributed by atoms with E-state index in [4.69, 9.17) is 23.2 Å². The number of hydrogen-bond acceptors (Lipinski definition) is 3. The zero-order valence-electron chi connectivity index (χ0n) is 14.6. The molecule has 1 fully saturated rings. The normalized spacial score (nSPS) is 16.2. The second-order valence-electron chi connectivity index (χ2n) is 6.56. The summed E-state index contributed by atoms with van der Waals surface area (Å²) in [5, 5.41) is 3.98. The van der Waals surface area contributed by atoms with Crippen molar-refractivity contribution >= 4 is 44.8 Å². The average Bonchev–Trinajstić information content (AvgIpc) is 2.63. The molecular formula is C19H20Cl2N2O3S. The number of sulfonamides is 1. The van der Waals surface area contributed by atoms with Crippen molar-refractivity contribution in [1.29, 1.82) is 0 Å². The molecule has 8 heteroatoms. The molecule has 0 bridgehead atoms. The molecule has 1 aliphatic heterocycles. The summed E-state index contributed by atoms with van der Waals surface area (Å²) in [6.45, 7) is 0.670. The van der Waals surface area contributed by atoms with Crippen molar-refractivity contribution in [2.45, 2.75) is 18.6 Å². The molecule has 0 saturated carbocycles. The van der Waals surface area contributed by atoms with Crippen molar-refractivity contribution in [3.8, 4) is 0 Å². The molecule has 0 aromatic heterocycles. The first-order chi connectivity index (χ1) is 12.8. The van der Waals surface area contributed by atoms with E-state index in [0.717, 1.165) is 0 Å².